The summed E-state index contributed by atoms with van der Waals surface area (Å²) in [6.07, 6.45) is 7.90. The van der Waals surface area contributed by atoms with Crippen LogP contribution in [0.25, 0.3) is 0 Å². The van der Waals surface area contributed by atoms with E-state index in [1.807, 2.05) is 0 Å². The van der Waals surface area contributed by atoms with Crippen molar-refractivity contribution in [3.63, 3.8) is 0 Å². The second-order valence-corrected chi connectivity index (χ2v) is 5.83. The molecule has 0 heterocycles. The van der Waals surface area contributed by atoms with Gasteiger partial charge in [0.05, 0.1) is 0 Å². The number of carboxylic acid groups (broad SMARTS) is 1. The number of rotatable bonds is 1. The Kier molecular flexibility index (Phi) is 1.71. The van der Waals surface area contributed by atoms with Gasteiger partial charge in [0.25, 0.3) is 0 Å². The van der Waals surface area contributed by atoms with Crippen LogP contribution in [0.3, 0.4) is 0 Å². The lowest BCUT2D eigenvalue weighted by atomic mass is 9.58. The molecule has 0 radical (unpaired) electrons. The highest BCUT2D eigenvalue weighted by Gasteiger charge is 2.49. The van der Waals surface area contributed by atoms with Crippen LogP contribution in [-0.2, 0) is 4.79 Å². The van der Waals surface area contributed by atoms with E-state index in [4.69, 9.17) is 0 Å². The number of fused-ring (bicyclic) bond motifs is 1. The van der Waals surface area contributed by atoms with E-state index in [9.17, 15) is 9.90 Å². The largest absolute Gasteiger partial charge is 0.550 e. The van der Waals surface area contributed by atoms with Crippen molar-refractivity contribution in [2.24, 2.45) is 23.2 Å². The maximum atomic E-state index is 11.3. The molecule has 0 aromatic heterocycles. The first kappa shape index (κ1) is 8.75. The summed E-state index contributed by atoms with van der Waals surface area (Å²) in [5.74, 6) is 1.34. The summed E-state index contributed by atoms with van der Waals surface area (Å²) in [7, 11) is 0. The van der Waals surface area contributed by atoms with Crippen molar-refractivity contribution in [2.45, 2.75) is 44.9 Å². The zero-order valence-corrected chi connectivity index (χ0v) is 8.50. The van der Waals surface area contributed by atoms with Gasteiger partial charge in [-0.3, -0.25) is 0 Å². The Balaban J connectivity index is 1.97. The highest BCUT2D eigenvalue weighted by Crippen LogP contribution is 2.57. The highest BCUT2D eigenvalue weighted by molar-refractivity contribution is 5.73. The van der Waals surface area contributed by atoms with E-state index in [0.29, 0.717) is 17.8 Å². The fraction of sp³-hybridized carbons (Fsp3) is 0.917. The number of hydrogen-bond donors (Lipinski definition) is 0. The Morgan fingerprint density at radius 1 is 1.00 bits per heavy atom. The predicted octanol–water partition coefficient (Wildman–Crippen LogP) is 1.34. The van der Waals surface area contributed by atoms with Gasteiger partial charge in [-0.15, -0.1) is 0 Å². The van der Waals surface area contributed by atoms with Crippen LogP contribution in [0.15, 0.2) is 0 Å². The molecule has 0 amide bonds. The van der Waals surface area contributed by atoms with Gasteiger partial charge in [-0.25, -0.2) is 0 Å². The van der Waals surface area contributed by atoms with Crippen LogP contribution in [0.2, 0.25) is 0 Å². The Hall–Kier alpha value is -0.530. The van der Waals surface area contributed by atoms with Crippen LogP contribution in [0.5, 0.6) is 0 Å². The standard InChI is InChI=1S/C12H18O2/c13-11(14)12-5-8-1-2-9(6-12)4-10(3-8)7-12/h8-10H,1-7H2,(H,13,14)/p-1/t8-,9-,10?,12?/m0/s1. The second kappa shape index (κ2) is 2.74. The van der Waals surface area contributed by atoms with Crippen molar-refractivity contribution in [1.82, 2.24) is 0 Å². The van der Waals surface area contributed by atoms with Gasteiger partial charge in [-0.2, -0.15) is 0 Å². The first-order valence-corrected chi connectivity index (χ1v) is 5.89. The Bertz CT molecular complexity index is 255. The molecule has 0 aromatic carbocycles. The average Bonchev–Trinajstić information content (AvgIpc) is 2.32. The van der Waals surface area contributed by atoms with E-state index in [1.54, 1.807) is 0 Å². The highest BCUT2D eigenvalue weighted by atomic mass is 16.4. The van der Waals surface area contributed by atoms with Crippen LogP contribution >= 0.6 is 0 Å². The zero-order valence-electron chi connectivity index (χ0n) is 8.50. The molecule has 4 rings (SSSR count). The molecule has 0 aromatic rings. The third-order valence-electron chi connectivity index (χ3n) is 4.79. The second-order valence-electron chi connectivity index (χ2n) is 5.83. The van der Waals surface area contributed by atoms with Crippen molar-refractivity contribution >= 4 is 5.97 Å². The molecular formula is C12H17O2-. The minimum absolute atomic E-state index is 0.410. The number of hydrogen-bond acceptors (Lipinski definition) is 2. The molecule has 4 aliphatic carbocycles. The molecule has 2 atom stereocenters. The van der Waals surface area contributed by atoms with Crippen LogP contribution in [0, 0.1) is 23.2 Å². The molecule has 78 valence electrons. The summed E-state index contributed by atoms with van der Waals surface area (Å²) in [4.78, 5) is 11.3. The topological polar surface area (TPSA) is 40.1 Å². The normalized spacial score (nSPS) is 50.4. The third kappa shape index (κ3) is 1.12. The molecule has 0 spiro atoms. The summed E-state index contributed by atoms with van der Waals surface area (Å²) in [6, 6.07) is 0. The van der Waals surface area contributed by atoms with Crippen molar-refractivity contribution in [3.8, 4) is 0 Å². The Morgan fingerprint density at radius 2 is 1.50 bits per heavy atom. The molecule has 2 heteroatoms. The number of carbonyl (C=O) groups excluding carboxylic acids is 1. The molecule has 0 saturated heterocycles. The van der Waals surface area contributed by atoms with Crippen LogP contribution < -0.4 is 5.11 Å². The van der Waals surface area contributed by atoms with E-state index >= 15 is 0 Å². The maximum Gasteiger partial charge on any atom is 0.0476 e. The lowest BCUT2D eigenvalue weighted by Gasteiger charge is -2.48. The number of carboxylic acids is 1. The SMILES string of the molecule is O=C([O-])C12CC3C[C@H](CC[C@@H](C3)C1)C2. The van der Waals surface area contributed by atoms with Gasteiger partial charge < -0.3 is 9.90 Å². The van der Waals surface area contributed by atoms with Gasteiger partial charge in [0, 0.05) is 11.4 Å². The summed E-state index contributed by atoms with van der Waals surface area (Å²) in [5, 5.41) is 11.3. The van der Waals surface area contributed by atoms with Crippen LogP contribution in [-0.4, -0.2) is 5.97 Å². The minimum atomic E-state index is -0.751. The zero-order chi connectivity index (χ0) is 9.76. The molecule has 0 unspecified atom stereocenters. The minimum Gasteiger partial charge on any atom is -0.550 e. The van der Waals surface area contributed by atoms with Crippen molar-refractivity contribution in [1.29, 1.82) is 0 Å². The van der Waals surface area contributed by atoms with Crippen LogP contribution in [0.1, 0.15) is 44.9 Å². The molecule has 4 bridgehead atoms. The molecule has 4 fully saturated rings. The van der Waals surface area contributed by atoms with E-state index in [2.05, 4.69) is 0 Å². The van der Waals surface area contributed by atoms with E-state index in [0.717, 1.165) is 19.3 Å². The van der Waals surface area contributed by atoms with Crippen molar-refractivity contribution in [3.05, 3.63) is 0 Å². The van der Waals surface area contributed by atoms with Gasteiger partial charge in [-0.05, 0) is 49.9 Å². The van der Waals surface area contributed by atoms with Gasteiger partial charge in [0.15, 0.2) is 0 Å². The molecule has 0 aliphatic heterocycles. The first-order valence-electron chi connectivity index (χ1n) is 5.89. The molecular weight excluding hydrogens is 176 g/mol. The molecule has 2 nitrogen and oxygen atoms in total. The van der Waals surface area contributed by atoms with E-state index in [1.165, 1.54) is 25.7 Å². The van der Waals surface area contributed by atoms with Gasteiger partial charge in [-0.1, -0.05) is 12.8 Å². The summed E-state index contributed by atoms with van der Waals surface area (Å²) in [5.41, 5.74) is -0.410. The summed E-state index contributed by atoms with van der Waals surface area (Å²) < 4.78 is 0. The molecule has 0 N–H and O–H groups in total. The Labute approximate surface area is 84.7 Å². The summed E-state index contributed by atoms with van der Waals surface area (Å²) in [6.45, 7) is 0. The lowest BCUT2D eigenvalue weighted by Crippen LogP contribution is -2.49. The fourth-order valence-electron chi connectivity index (χ4n) is 4.44. The molecule has 4 aliphatic rings. The quantitative estimate of drug-likeness (QED) is 0.630. The molecule has 4 saturated carbocycles. The average molecular weight is 193 g/mol. The predicted molar refractivity (Wildman–Crippen MR) is 50.2 cm³/mol. The number of carbonyl (C=O) groups is 1. The van der Waals surface area contributed by atoms with Gasteiger partial charge >= 0.3 is 0 Å². The molecule has 14 heavy (non-hydrogen) atoms. The smallest absolute Gasteiger partial charge is 0.0476 e. The van der Waals surface area contributed by atoms with Gasteiger partial charge in [0.2, 0.25) is 0 Å². The van der Waals surface area contributed by atoms with Crippen LogP contribution in [0.4, 0.5) is 0 Å². The maximum absolute atomic E-state index is 11.3. The van der Waals surface area contributed by atoms with Gasteiger partial charge in [0.1, 0.15) is 0 Å². The monoisotopic (exact) mass is 193 g/mol. The first-order chi connectivity index (χ1) is 6.68. The van der Waals surface area contributed by atoms with Crippen molar-refractivity contribution < 1.29 is 9.90 Å². The fourth-order valence-corrected chi connectivity index (χ4v) is 4.44. The summed E-state index contributed by atoms with van der Waals surface area (Å²) >= 11 is 0. The van der Waals surface area contributed by atoms with Crippen molar-refractivity contribution in [2.75, 3.05) is 0 Å². The van der Waals surface area contributed by atoms with E-state index in [-0.39, 0.29) is 0 Å². The lowest BCUT2D eigenvalue weighted by molar-refractivity contribution is -0.324. The Morgan fingerprint density at radius 3 is 2.00 bits per heavy atom. The third-order valence-corrected chi connectivity index (χ3v) is 4.79. The van der Waals surface area contributed by atoms with E-state index < -0.39 is 11.4 Å². The number of aliphatic carboxylic acids is 1.